The van der Waals surface area contributed by atoms with Crippen molar-refractivity contribution in [2.24, 2.45) is 0 Å². The molecular weight excluding hydrogens is 238 g/mol. The molecule has 1 aromatic heterocycles. The van der Waals surface area contributed by atoms with Gasteiger partial charge in [0.25, 0.3) is 0 Å². The smallest absolute Gasteiger partial charge is 0.121 e. The molecular formula is C15H21N3O. The number of fused-ring (bicyclic) bond motifs is 1. The lowest BCUT2D eigenvalue weighted by molar-refractivity contribution is 0.415. The Morgan fingerprint density at radius 3 is 2.68 bits per heavy atom. The van der Waals surface area contributed by atoms with Crippen molar-refractivity contribution in [3.63, 3.8) is 0 Å². The zero-order chi connectivity index (χ0) is 13.8. The van der Waals surface area contributed by atoms with E-state index in [-0.39, 0.29) is 0 Å². The van der Waals surface area contributed by atoms with Gasteiger partial charge in [-0.3, -0.25) is 4.98 Å². The highest BCUT2D eigenvalue weighted by molar-refractivity contribution is 5.92. The average Bonchev–Trinajstić information content (AvgIpc) is 2.43. The topological polar surface area (TPSA) is 37.4 Å². The summed E-state index contributed by atoms with van der Waals surface area (Å²) in [6, 6.07) is 8.19. The van der Waals surface area contributed by atoms with E-state index in [0.717, 1.165) is 35.3 Å². The van der Waals surface area contributed by atoms with Gasteiger partial charge in [0.2, 0.25) is 0 Å². The summed E-state index contributed by atoms with van der Waals surface area (Å²) in [6.45, 7) is 0.926. The summed E-state index contributed by atoms with van der Waals surface area (Å²) in [5.74, 6) is 0.843. The van der Waals surface area contributed by atoms with Crippen LogP contribution in [0.2, 0.25) is 0 Å². The molecule has 0 saturated carbocycles. The molecule has 4 heteroatoms. The number of ether oxygens (including phenoxy) is 1. The van der Waals surface area contributed by atoms with Gasteiger partial charge >= 0.3 is 0 Å². The van der Waals surface area contributed by atoms with E-state index in [9.17, 15) is 0 Å². The molecule has 0 atom stereocenters. The van der Waals surface area contributed by atoms with Gasteiger partial charge in [-0.1, -0.05) is 0 Å². The average molecular weight is 259 g/mol. The highest BCUT2D eigenvalue weighted by Crippen LogP contribution is 2.28. The van der Waals surface area contributed by atoms with Crippen molar-refractivity contribution in [1.29, 1.82) is 0 Å². The Bertz CT molecular complexity index is 567. The SMILES string of the molecule is CNCCc1cc(N(C)C)c2ccc(OC)cc2n1. The first kappa shape index (κ1) is 13.6. The Labute approximate surface area is 114 Å². The van der Waals surface area contributed by atoms with Gasteiger partial charge in [0, 0.05) is 49.9 Å². The predicted molar refractivity (Wildman–Crippen MR) is 80.3 cm³/mol. The Morgan fingerprint density at radius 1 is 1.26 bits per heavy atom. The van der Waals surface area contributed by atoms with Crippen molar-refractivity contribution in [3.8, 4) is 5.75 Å². The summed E-state index contributed by atoms with van der Waals surface area (Å²) in [7, 11) is 7.75. The molecule has 4 nitrogen and oxygen atoms in total. The van der Waals surface area contributed by atoms with E-state index in [4.69, 9.17) is 9.72 Å². The quantitative estimate of drug-likeness (QED) is 0.892. The van der Waals surface area contributed by atoms with Crippen LogP contribution >= 0.6 is 0 Å². The summed E-state index contributed by atoms with van der Waals surface area (Å²) >= 11 is 0. The molecule has 0 spiro atoms. The van der Waals surface area contributed by atoms with Crippen LogP contribution in [0.4, 0.5) is 5.69 Å². The van der Waals surface area contributed by atoms with Crippen molar-refractivity contribution < 1.29 is 4.74 Å². The number of aromatic nitrogens is 1. The van der Waals surface area contributed by atoms with Crippen LogP contribution in [0.25, 0.3) is 10.9 Å². The number of rotatable bonds is 5. The number of benzene rings is 1. The van der Waals surface area contributed by atoms with Crippen LogP contribution in [0.3, 0.4) is 0 Å². The maximum Gasteiger partial charge on any atom is 0.121 e. The molecule has 1 aromatic carbocycles. The second-order valence-corrected chi connectivity index (χ2v) is 4.76. The van der Waals surface area contributed by atoms with E-state index >= 15 is 0 Å². The first-order valence-corrected chi connectivity index (χ1v) is 6.45. The number of likely N-dealkylation sites (N-methyl/N-ethyl adjacent to an activating group) is 1. The van der Waals surface area contributed by atoms with Gasteiger partial charge in [0.1, 0.15) is 5.75 Å². The Balaban J connectivity index is 2.55. The van der Waals surface area contributed by atoms with Gasteiger partial charge in [-0.2, -0.15) is 0 Å². The standard InChI is InChI=1S/C15H21N3O/c1-16-8-7-11-9-15(18(2)3)13-6-5-12(19-4)10-14(13)17-11/h5-6,9-10,16H,7-8H2,1-4H3. The summed E-state index contributed by atoms with van der Waals surface area (Å²) in [5, 5.41) is 4.31. The number of pyridine rings is 1. The minimum Gasteiger partial charge on any atom is -0.497 e. The molecule has 0 amide bonds. The number of nitrogens with one attached hydrogen (secondary N) is 1. The van der Waals surface area contributed by atoms with E-state index in [0.29, 0.717) is 0 Å². The Hall–Kier alpha value is -1.81. The second kappa shape index (κ2) is 5.89. The molecule has 0 unspecified atom stereocenters. The summed E-state index contributed by atoms with van der Waals surface area (Å²) in [5.41, 5.74) is 3.27. The van der Waals surface area contributed by atoms with E-state index in [1.165, 1.54) is 5.69 Å². The molecule has 0 aliphatic heterocycles. The zero-order valence-electron chi connectivity index (χ0n) is 12.0. The maximum absolute atomic E-state index is 5.28. The summed E-state index contributed by atoms with van der Waals surface area (Å²) in [4.78, 5) is 6.84. The normalized spacial score (nSPS) is 10.7. The van der Waals surface area contributed by atoms with Crippen LogP contribution in [-0.4, -0.2) is 39.8 Å². The van der Waals surface area contributed by atoms with Crippen LogP contribution in [0, 0.1) is 0 Å². The Morgan fingerprint density at radius 2 is 2.05 bits per heavy atom. The van der Waals surface area contributed by atoms with Gasteiger partial charge in [-0.25, -0.2) is 0 Å². The molecule has 2 aromatic rings. The molecule has 1 heterocycles. The van der Waals surface area contributed by atoms with E-state index < -0.39 is 0 Å². The fraction of sp³-hybridized carbons (Fsp3) is 0.400. The minimum atomic E-state index is 0.843. The molecule has 0 saturated heterocycles. The molecule has 102 valence electrons. The second-order valence-electron chi connectivity index (χ2n) is 4.76. The van der Waals surface area contributed by atoms with E-state index in [1.807, 2.05) is 19.2 Å². The van der Waals surface area contributed by atoms with Crippen LogP contribution in [0.1, 0.15) is 5.69 Å². The first-order chi connectivity index (χ1) is 9.15. The largest absolute Gasteiger partial charge is 0.497 e. The van der Waals surface area contributed by atoms with Gasteiger partial charge in [-0.15, -0.1) is 0 Å². The van der Waals surface area contributed by atoms with Gasteiger partial charge in [0.05, 0.1) is 12.6 Å². The zero-order valence-corrected chi connectivity index (χ0v) is 12.0. The molecule has 1 N–H and O–H groups in total. The summed E-state index contributed by atoms with van der Waals surface area (Å²) < 4.78 is 5.28. The monoisotopic (exact) mass is 259 g/mol. The van der Waals surface area contributed by atoms with Gasteiger partial charge < -0.3 is 15.0 Å². The molecule has 0 radical (unpaired) electrons. The lowest BCUT2D eigenvalue weighted by atomic mass is 10.1. The lowest BCUT2D eigenvalue weighted by Crippen LogP contribution is -2.13. The van der Waals surface area contributed by atoms with Crippen molar-refractivity contribution in [2.45, 2.75) is 6.42 Å². The number of hydrogen-bond acceptors (Lipinski definition) is 4. The van der Waals surface area contributed by atoms with Gasteiger partial charge in [-0.05, 0) is 25.2 Å². The van der Waals surface area contributed by atoms with Crippen LogP contribution < -0.4 is 15.0 Å². The molecule has 19 heavy (non-hydrogen) atoms. The number of nitrogens with zero attached hydrogens (tertiary/aromatic N) is 2. The van der Waals surface area contributed by atoms with E-state index in [2.05, 4.69) is 36.4 Å². The highest BCUT2D eigenvalue weighted by Gasteiger charge is 2.08. The maximum atomic E-state index is 5.28. The third-order valence-electron chi connectivity index (χ3n) is 3.16. The van der Waals surface area contributed by atoms with Crippen LogP contribution in [0.5, 0.6) is 5.75 Å². The first-order valence-electron chi connectivity index (χ1n) is 6.45. The van der Waals surface area contributed by atoms with Crippen LogP contribution in [0.15, 0.2) is 24.3 Å². The van der Waals surface area contributed by atoms with Gasteiger partial charge in [0.15, 0.2) is 0 Å². The number of anilines is 1. The van der Waals surface area contributed by atoms with Crippen molar-refractivity contribution in [3.05, 3.63) is 30.0 Å². The summed E-state index contributed by atoms with van der Waals surface area (Å²) in [6.07, 6.45) is 0.921. The molecule has 0 fully saturated rings. The molecule has 2 rings (SSSR count). The van der Waals surface area contributed by atoms with E-state index in [1.54, 1.807) is 7.11 Å². The highest BCUT2D eigenvalue weighted by atomic mass is 16.5. The third-order valence-corrected chi connectivity index (χ3v) is 3.16. The fourth-order valence-electron chi connectivity index (χ4n) is 2.12. The predicted octanol–water partition coefficient (Wildman–Crippen LogP) is 2.07. The molecule has 0 aliphatic rings. The van der Waals surface area contributed by atoms with Crippen LogP contribution in [-0.2, 0) is 6.42 Å². The third kappa shape index (κ3) is 2.96. The fourth-order valence-corrected chi connectivity index (χ4v) is 2.12. The lowest BCUT2D eigenvalue weighted by Gasteiger charge is -2.17. The number of methoxy groups -OCH3 is 1. The number of hydrogen-bond donors (Lipinski definition) is 1. The minimum absolute atomic E-state index is 0.843. The van der Waals surface area contributed by atoms with Crippen molar-refractivity contribution >= 4 is 16.6 Å². The Kier molecular flexibility index (Phi) is 4.22. The molecule has 0 aliphatic carbocycles. The molecule has 0 bridgehead atoms. The van der Waals surface area contributed by atoms with Crippen molar-refractivity contribution in [2.75, 3.05) is 39.7 Å². The van der Waals surface area contributed by atoms with Crippen molar-refractivity contribution in [1.82, 2.24) is 10.3 Å².